The van der Waals surface area contributed by atoms with Gasteiger partial charge in [0.1, 0.15) is 12.4 Å². The third-order valence-corrected chi connectivity index (χ3v) is 5.10. The second-order valence-electron chi connectivity index (χ2n) is 7.98. The van der Waals surface area contributed by atoms with Gasteiger partial charge in [-0.05, 0) is 49.6 Å². The molecular formula is C23H32FN3O2. The molecule has 6 heteroatoms. The van der Waals surface area contributed by atoms with Gasteiger partial charge in [0, 0.05) is 37.1 Å². The fourth-order valence-corrected chi connectivity index (χ4v) is 3.23. The topological polar surface area (TPSA) is 45.6 Å². The van der Waals surface area contributed by atoms with E-state index in [1.54, 1.807) is 15.9 Å². The zero-order valence-electron chi connectivity index (χ0n) is 18.1. The Kier molecular flexibility index (Phi) is 8.00. The SMILES string of the molecule is CC[C@@H](C)N(CC(=O)N(Cc1cccn1C)CC(C)C)C(=O)c1cccc(F)c1. The summed E-state index contributed by atoms with van der Waals surface area (Å²) in [6.07, 6.45) is 2.66. The molecule has 1 aromatic heterocycles. The Balaban J connectivity index is 2.23. The lowest BCUT2D eigenvalue weighted by molar-refractivity contribution is -0.133. The summed E-state index contributed by atoms with van der Waals surface area (Å²) < 4.78 is 15.6. The summed E-state index contributed by atoms with van der Waals surface area (Å²) in [5.74, 6) is -0.591. The maximum absolute atomic E-state index is 13.6. The van der Waals surface area contributed by atoms with E-state index < -0.39 is 5.82 Å². The maximum Gasteiger partial charge on any atom is 0.254 e. The second kappa shape index (κ2) is 10.2. The zero-order valence-corrected chi connectivity index (χ0v) is 18.1. The molecular weight excluding hydrogens is 369 g/mol. The number of hydrogen-bond acceptors (Lipinski definition) is 2. The van der Waals surface area contributed by atoms with E-state index >= 15 is 0 Å². The minimum absolute atomic E-state index is 0.0263. The Morgan fingerprint density at radius 1 is 1.14 bits per heavy atom. The highest BCUT2D eigenvalue weighted by molar-refractivity contribution is 5.96. The Bertz CT molecular complexity index is 831. The van der Waals surface area contributed by atoms with E-state index in [1.807, 2.05) is 43.8 Å². The molecule has 0 N–H and O–H groups in total. The molecule has 0 spiro atoms. The van der Waals surface area contributed by atoms with E-state index in [4.69, 9.17) is 0 Å². The van der Waals surface area contributed by atoms with Gasteiger partial charge in [0.15, 0.2) is 0 Å². The summed E-state index contributed by atoms with van der Waals surface area (Å²) in [5.41, 5.74) is 1.29. The first-order valence-electron chi connectivity index (χ1n) is 10.2. The predicted molar refractivity (Wildman–Crippen MR) is 113 cm³/mol. The fourth-order valence-electron chi connectivity index (χ4n) is 3.23. The average molecular weight is 402 g/mol. The zero-order chi connectivity index (χ0) is 21.6. The molecule has 0 unspecified atom stereocenters. The Labute approximate surface area is 173 Å². The predicted octanol–water partition coefficient (Wildman–Crippen LogP) is 4.09. The van der Waals surface area contributed by atoms with Gasteiger partial charge in [-0.1, -0.05) is 26.8 Å². The van der Waals surface area contributed by atoms with Crippen LogP contribution in [0.5, 0.6) is 0 Å². The van der Waals surface area contributed by atoms with Gasteiger partial charge in [-0.2, -0.15) is 0 Å². The van der Waals surface area contributed by atoms with Crippen molar-refractivity contribution >= 4 is 11.8 Å². The van der Waals surface area contributed by atoms with Crippen molar-refractivity contribution in [3.8, 4) is 0 Å². The minimum Gasteiger partial charge on any atom is -0.353 e. The number of halogens is 1. The van der Waals surface area contributed by atoms with Crippen molar-refractivity contribution in [1.82, 2.24) is 14.4 Å². The molecule has 0 saturated carbocycles. The molecule has 0 aliphatic carbocycles. The van der Waals surface area contributed by atoms with Crippen LogP contribution in [0.15, 0.2) is 42.6 Å². The monoisotopic (exact) mass is 401 g/mol. The van der Waals surface area contributed by atoms with E-state index in [9.17, 15) is 14.0 Å². The Hall–Kier alpha value is -2.63. The summed E-state index contributed by atoms with van der Waals surface area (Å²) in [7, 11) is 1.95. The lowest BCUT2D eigenvalue weighted by atomic mass is 10.1. The number of rotatable bonds is 9. The van der Waals surface area contributed by atoms with Crippen LogP contribution in [0.2, 0.25) is 0 Å². The number of amides is 2. The normalized spacial score (nSPS) is 12.1. The molecule has 0 radical (unpaired) electrons. The molecule has 158 valence electrons. The molecule has 0 aliphatic rings. The van der Waals surface area contributed by atoms with E-state index in [2.05, 4.69) is 13.8 Å². The van der Waals surface area contributed by atoms with Crippen LogP contribution in [0.25, 0.3) is 0 Å². The van der Waals surface area contributed by atoms with Crippen molar-refractivity contribution in [3.63, 3.8) is 0 Å². The number of nitrogens with zero attached hydrogens (tertiary/aromatic N) is 3. The van der Waals surface area contributed by atoms with Crippen molar-refractivity contribution < 1.29 is 14.0 Å². The molecule has 0 fully saturated rings. The molecule has 2 amide bonds. The molecule has 2 aromatic rings. The molecule has 0 saturated heterocycles. The summed E-state index contributed by atoms with van der Waals surface area (Å²) in [6, 6.07) is 9.43. The van der Waals surface area contributed by atoms with Crippen molar-refractivity contribution in [2.45, 2.75) is 46.7 Å². The van der Waals surface area contributed by atoms with Crippen molar-refractivity contribution in [2.75, 3.05) is 13.1 Å². The maximum atomic E-state index is 13.6. The third-order valence-electron chi connectivity index (χ3n) is 5.10. The summed E-state index contributed by atoms with van der Waals surface area (Å²) in [4.78, 5) is 29.6. The van der Waals surface area contributed by atoms with Gasteiger partial charge in [0.25, 0.3) is 5.91 Å². The largest absolute Gasteiger partial charge is 0.353 e. The molecule has 5 nitrogen and oxygen atoms in total. The quantitative estimate of drug-likeness (QED) is 0.635. The summed E-state index contributed by atoms with van der Waals surface area (Å²) in [6.45, 7) is 9.08. The van der Waals surface area contributed by atoms with E-state index in [0.717, 1.165) is 5.69 Å². The van der Waals surface area contributed by atoms with Crippen LogP contribution in [0, 0.1) is 11.7 Å². The van der Waals surface area contributed by atoms with Gasteiger partial charge in [0.2, 0.25) is 5.91 Å². The number of aromatic nitrogens is 1. The summed E-state index contributed by atoms with van der Waals surface area (Å²) in [5, 5.41) is 0. The third kappa shape index (κ3) is 6.17. The molecule has 2 rings (SSSR count). The van der Waals surface area contributed by atoms with Gasteiger partial charge >= 0.3 is 0 Å². The molecule has 0 aliphatic heterocycles. The first-order chi connectivity index (χ1) is 13.7. The molecule has 1 atom stereocenters. The number of hydrogen-bond donors (Lipinski definition) is 0. The van der Waals surface area contributed by atoms with E-state index in [1.165, 1.54) is 18.2 Å². The van der Waals surface area contributed by atoms with Gasteiger partial charge < -0.3 is 14.4 Å². The summed E-state index contributed by atoms with van der Waals surface area (Å²) >= 11 is 0. The van der Waals surface area contributed by atoms with Gasteiger partial charge in [-0.3, -0.25) is 9.59 Å². The van der Waals surface area contributed by atoms with E-state index in [0.29, 0.717) is 25.4 Å². The van der Waals surface area contributed by atoms with Gasteiger partial charge in [-0.15, -0.1) is 0 Å². The first-order valence-corrected chi connectivity index (χ1v) is 10.2. The lowest BCUT2D eigenvalue weighted by Gasteiger charge is -2.32. The number of benzene rings is 1. The molecule has 0 bridgehead atoms. The minimum atomic E-state index is -0.462. The van der Waals surface area contributed by atoms with Crippen LogP contribution < -0.4 is 0 Å². The molecule has 1 heterocycles. The smallest absolute Gasteiger partial charge is 0.254 e. The molecule has 29 heavy (non-hydrogen) atoms. The number of aryl methyl sites for hydroxylation is 1. The number of carbonyl (C=O) groups excluding carboxylic acids is 2. The fraction of sp³-hybridized carbons (Fsp3) is 0.478. The Morgan fingerprint density at radius 3 is 2.41 bits per heavy atom. The number of carbonyl (C=O) groups is 2. The van der Waals surface area contributed by atoms with Crippen LogP contribution in [0.1, 0.15) is 50.2 Å². The lowest BCUT2D eigenvalue weighted by Crippen LogP contribution is -2.47. The van der Waals surface area contributed by atoms with Crippen molar-refractivity contribution in [1.29, 1.82) is 0 Å². The van der Waals surface area contributed by atoms with E-state index in [-0.39, 0.29) is 30.0 Å². The van der Waals surface area contributed by atoms with Crippen LogP contribution in [-0.4, -0.2) is 45.3 Å². The highest BCUT2D eigenvalue weighted by atomic mass is 19.1. The average Bonchev–Trinajstić information content (AvgIpc) is 3.08. The molecule has 1 aromatic carbocycles. The van der Waals surface area contributed by atoms with Crippen LogP contribution in [-0.2, 0) is 18.4 Å². The van der Waals surface area contributed by atoms with Crippen molar-refractivity contribution in [2.24, 2.45) is 13.0 Å². The van der Waals surface area contributed by atoms with Crippen LogP contribution >= 0.6 is 0 Å². The van der Waals surface area contributed by atoms with Gasteiger partial charge in [0.05, 0.1) is 6.54 Å². The Morgan fingerprint density at radius 2 is 1.86 bits per heavy atom. The highest BCUT2D eigenvalue weighted by Gasteiger charge is 2.26. The first kappa shape index (κ1) is 22.7. The van der Waals surface area contributed by atoms with Crippen molar-refractivity contribution in [3.05, 3.63) is 59.7 Å². The van der Waals surface area contributed by atoms with Crippen LogP contribution in [0.4, 0.5) is 4.39 Å². The second-order valence-corrected chi connectivity index (χ2v) is 7.98. The standard InChI is InChI=1S/C23H32FN3O2/c1-6-18(4)27(23(29)19-9-7-10-20(24)13-19)16-22(28)26(14-17(2)3)15-21-11-8-12-25(21)5/h7-13,17-18H,6,14-16H2,1-5H3/t18-/m1/s1. The highest BCUT2D eigenvalue weighted by Crippen LogP contribution is 2.15. The van der Waals surface area contributed by atoms with Crippen LogP contribution in [0.3, 0.4) is 0 Å². The van der Waals surface area contributed by atoms with Gasteiger partial charge in [-0.25, -0.2) is 4.39 Å².